The van der Waals surface area contributed by atoms with Crippen molar-refractivity contribution in [1.29, 1.82) is 0 Å². The number of hydrogen-bond donors (Lipinski definition) is 1. The molecule has 1 aliphatic heterocycles. The van der Waals surface area contributed by atoms with Crippen molar-refractivity contribution in [2.75, 3.05) is 0 Å². The summed E-state index contributed by atoms with van der Waals surface area (Å²) < 4.78 is 5.41. The molecule has 0 amide bonds. The van der Waals surface area contributed by atoms with E-state index in [0.29, 0.717) is 11.3 Å². The third kappa shape index (κ3) is 13.7. The molecule has 0 aliphatic carbocycles. The van der Waals surface area contributed by atoms with Gasteiger partial charge in [0.25, 0.3) is 0 Å². The number of aryl methyl sites for hydroxylation is 5. The number of hydrogen-bond acceptors (Lipinski definition) is 4. The topological polar surface area (TPSA) is 50.7 Å². The van der Waals surface area contributed by atoms with Gasteiger partial charge in [0, 0.05) is 18.0 Å². The Kier molecular flexibility index (Phi) is 15.2. The molecule has 4 heteroatoms. The normalized spacial score (nSPS) is 12.4. The van der Waals surface area contributed by atoms with Crippen LogP contribution in [0.5, 0.6) is 5.75 Å². The van der Waals surface area contributed by atoms with Crippen LogP contribution in [0.15, 0.2) is 168 Å². The predicted octanol–water partition coefficient (Wildman–Crippen LogP) is 11.7. The van der Waals surface area contributed by atoms with E-state index in [1.165, 1.54) is 27.8 Å². The Balaban J connectivity index is 0.000000176. The van der Waals surface area contributed by atoms with E-state index in [4.69, 9.17) is 11.2 Å². The average molecular weight is 697 g/mol. The molecule has 0 aromatic heterocycles. The third-order valence-electron chi connectivity index (χ3n) is 8.18. The maximum Gasteiger partial charge on any atom is 0.343 e. The van der Waals surface area contributed by atoms with E-state index in [-0.39, 0.29) is 12.1 Å². The Bertz CT molecular complexity index is 2100. The number of rotatable bonds is 4. The minimum Gasteiger partial charge on any atom is -0.423 e. The molecule has 1 N–H and O–H groups in total. The number of nitrogens with one attached hydrogen (secondary N) is 1. The van der Waals surface area contributed by atoms with Crippen LogP contribution in [-0.2, 0) is 0 Å². The first-order chi connectivity index (χ1) is 25.6. The maximum atomic E-state index is 12.1. The first kappa shape index (κ1) is 39.3. The standard InChI is InChI=1S/C21H18O2.C12H14N2.C9H8.C7H8/c1-15-3-7-17(8-4-15)18-11-13-20(14-12-18)23-21(22)19-9-5-16(2)6-10-19;1-9-3-5-11(6-4-9)12-13-7-10(2)8-14-12;1-3-9-6-4-8(2)5-7-9;1-7-5-3-2-4-6-7/h3-14H,1-2H3;3-8,12-13H,1-2H3;1,4-7H,2H3;2-6H,1H3. The van der Waals surface area contributed by atoms with Gasteiger partial charge in [-0.3, -0.25) is 4.99 Å². The van der Waals surface area contributed by atoms with Crippen molar-refractivity contribution in [3.63, 3.8) is 0 Å². The van der Waals surface area contributed by atoms with E-state index >= 15 is 0 Å². The zero-order valence-electron chi connectivity index (χ0n) is 31.5. The monoisotopic (exact) mass is 696 g/mol. The van der Waals surface area contributed by atoms with Gasteiger partial charge in [0.1, 0.15) is 11.9 Å². The molecular formula is C49H48N2O2. The number of terminal acetylenes is 1. The molecule has 4 nitrogen and oxygen atoms in total. The molecule has 1 atom stereocenters. The molecule has 1 unspecified atom stereocenters. The summed E-state index contributed by atoms with van der Waals surface area (Å²) in [4.78, 5) is 16.5. The van der Waals surface area contributed by atoms with Crippen molar-refractivity contribution in [3.8, 4) is 29.2 Å². The molecule has 7 rings (SSSR count). The molecule has 0 fully saturated rings. The van der Waals surface area contributed by atoms with Crippen LogP contribution in [-0.4, -0.2) is 12.2 Å². The summed E-state index contributed by atoms with van der Waals surface area (Å²) in [7, 11) is 0. The number of ether oxygens (including phenoxy) is 1. The Morgan fingerprint density at radius 2 is 1.04 bits per heavy atom. The number of allylic oxidation sites excluding steroid dienone is 1. The van der Waals surface area contributed by atoms with Crippen LogP contribution >= 0.6 is 0 Å². The van der Waals surface area contributed by atoms with Gasteiger partial charge in [-0.1, -0.05) is 149 Å². The van der Waals surface area contributed by atoms with Crippen molar-refractivity contribution in [3.05, 3.63) is 208 Å². The van der Waals surface area contributed by atoms with E-state index in [0.717, 1.165) is 27.8 Å². The summed E-state index contributed by atoms with van der Waals surface area (Å²) in [6.45, 7) is 12.3. The van der Waals surface area contributed by atoms with Crippen molar-refractivity contribution >= 4 is 12.2 Å². The minimum absolute atomic E-state index is 0.0827. The maximum absolute atomic E-state index is 12.1. The van der Waals surface area contributed by atoms with Gasteiger partial charge in [-0.15, -0.1) is 6.42 Å². The second-order valence-corrected chi connectivity index (χ2v) is 13.0. The second kappa shape index (κ2) is 20.4. The van der Waals surface area contributed by atoms with Gasteiger partial charge in [0.15, 0.2) is 0 Å². The molecule has 53 heavy (non-hydrogen) atoms. The molecule has 6 aromatic rings. The Labute approximate surface area is 316 Å². The van der Waals surface area contributed by atoms with Gasteiger partial charge in [-0.2, -0.15) is 0 Å². The van der Waals surface area contributed by atoms with Gasteiger partial charge in [-0.05, 0) is 100 Å². The summed E-state index contributed by atoms with van der Waals surface area (Å²) in [6.07, 6.45) is 9.13. The number of esters is 1. The van der Waals surface area contributed by atoms with Crippen LogP contribution < -0.4 is 10.1 Å². The molecule has 6 aromatic carbocycles. The quantitative estimate of drug-likeness (QED) is 0.113. The highest BCUT2D eigenvalue weighted by Gasteiger charge is 2.10. The molecule has 0 spiro atoms. The minimum atomic E-state index is -0.340. The van der Waals surface area contributed by atoms with Crippen LogP contribution in [0.2, 0.25) is 0 Å². The van der Waals surface area contributed by atoms with Gasteiger partial charge in [-0.25, -0.2) is 4.79 Å². The number of nitrogens with zero attached hydrogens (tertiary/aromatic N) is 1. The van der Waals surface area contributed by atoms with Gasteiger partial charge >= 0.3 is 5.97 Å². The SMILES string of the molecule is C#Cc1ccc(C)cc1.CC1=CNC(c2ccc(C)cc2)N=C1.Cc1ccc(C(=O)Oc2ccc(-c3ccc(C)cc3)cc2)cc1.Cc1ccccc1. The Hall–Kier alpha value is -6.44. The van der Waals surface area contributed by atoms with E-state index in [2.05, 4.69) is 97.7 Å². The molecule has 1 aliphatic rings. The zero-order chi connectivity index (χ0) is 38.0. The summed E-state index contributed by atoms with van der Waals surface area (Å²) >= 11 is 0. The highest BCUT2D eigenvalue weighted by molar-refractivity contribution is 5.91. The van der Waals surface area contributed by atoms with Crippen LogP contribution in [0.25, 0.3) is 11.1 Å². The van der Waals surface area contributed by atoms with Gasteiger partial charge in [0.05, 0.1) is 5.56 Å². The molecule has 1 heterocycles. The van der Waals surface area contributed by atoms with Crippen molar-refractivity contribution in [2.24, 2.45) is 4.99 Å². The zero-order valence-corrected chi connectivity index (χ0v) is 31.5. The van der Waals surface area contributed by atoms with E-state index in [1.54, 1.807) is 12.1 Å². The summed E-state index contributed by atoms with van der Waals surface area (Å²) in [5.41, 5.74) is 12.3. The molecule has 266 valence electrons. The first-order valence-electron chi connectivity index (χ1n) is 17.6. The van der Waals surface area contributed by atoms with E-state index < -0.39 is 0 Å². The average Bonchev–Trinajstić information content (AvgIpc) is 3.18. The van der Waals surface area contributed by atoms with E-state index in [1.807, 2.05) is 112 Å². The van der Waals surface area contributed by atoms with Crippen molar-refractivity contribution in [1.82, 2.24) is 5.32 Å². The number of carbonyl (C=O) groups excluding carboxylic acids is 1. The molecule has 0 radical (unpaired) electrons. The highest BCUT2D eigenvalue weighted by atomic mass is 16.5. The lowest BCUT2D eigenvalue weighted by Gasteiger charge is -2.17. The fraction of sp³-hybridized carbons (Fsp3) is 0.143. The molecular weight excluding hydrogens is 649 g/mol. The first-order valence-corrected chi connectivity index (χ1v) is 17.6. The van der Waals surface area contributed by atoms with Crippen LogP contribution in [0, 0.1) is 47.0 Å². The fourth-order valence-corrected chi connectivity index (χ4v) is 4.92. The largest absolute Gasteiger partial charge is 0.423 e. The fourth-order valence-electron chi connectivity index (χ4n) is 4.92. The van der Waals surface area contributed by atoms with Crippen LogP contribution in [0.4, 0.5) is 0 Å². The van der Waals surface area contributed by atoms with Crippen LogP contribution in [0.1, 0.15) is 62.4 Å². The Morgan fingerprint density at radius 1 is 0.585 bits per heavy atom. The van der Waals surface area contributed by atoms with Gasteiger partial charge < -0.3 is 10.1 Å². The second-order valence-electron chi connectivity index (χ2n) is 13.0. The molecule has 0 saturated heterocycles. The lowest BCUT2D eigenvalue weighted by atomic mass is 10.0. The number of carbonyl (C=O) groups is 1. The van der Waals surface area contributed by atoms with Crippen molar-refractivity contribution < 1.29 is 9.53 Å². The Morgan fingerprint density at radius 3 is 1.49 bits per heavy atom. The smallest absolute Gasteiger partial charge is 0.343 e. The molecule has 0 bridgehead atoms. The lowest BCUT2D eigenvalue weighted by Crippen LogP contribution is -2.17. The van der Waals surface area contributed by atoms with Gasteiger partial charge in [0.2, 0.25) is 0 Å². The van der Waals surface area contributed by atoms with E-state index in [9.17, 15) is 4.79 Å². The van der Waals surface area contributed by atoms with Crippen LogP contribution in [0.3, 0.4) is 0 Å². The summed E-state index contributed by atoms with van der Waals surface area (Å²) in [5, 5.41) is 3.24. The molecule has 0 saturated carbocycles. The lowest BCUT2D eigenvalue weighted by molar-refractivity contribution is 0.0734. The third-order valence-corrected chi connectivity index (χ3v) is 8.18. The van der Waals surface area contributed by atoms with Crippen molar-refractivity contribution in [2.45, 2.75) is 47.7 Å². The number of benzene rings is 6. The summed E-state index contributed by atoms with van der Waals surface area (Å²) in [5.74, 6) is 2.76. The number of aliphatic imine (C=N–C) groups is 1. The summed E-state index contributed by atoms with van der Waals surface area (Å²) in [6, 6.07) is 49.9. The predicted molar refractivity (Wildman–Crippen MR) is 222 cm³/mol. The highest BCUT2D eigenvalue weighted by Crippen LogP contribution is 2.23.